The van der Waals surface area contributed by atoms with Crippen LogP contribution in [0.2, 0.25) is 0 Å². The standard InChI is InChI=1S/C18H20FNO3S/c1-14-7-8-16(19)12-18(14)24(21,22)20-9-10-23-17(13-20)11-15-5-3-2-4-6-15/h2-8,12,17H,9-11,13H2,1H3/t17-/m0/s1. The molecule has 0 N–H and O–H groups in total. The molecule has 3 rings (SSSR count). The van der Waals surface area contributed by atoms with Gasteiger partial charge in [-0.2, -0.15) is 4.31 Å². The molecule has 0 bridgehead atoms. The van der Waals surface area contributed by atoms with E-state index < -0.39 is 15.8 Å². The van der Waals surface area contributed by atoms with Gasteiger partial charge in [0.1, 0.15) is 5.82 Å². The van der Waals surface area contributed by atoms with Crippen LogP contribution < -0.4 is 0 Å². The normalized spacial score (nSPS) is 19.3. The van der Waals surface area contributed by atoms with Crippen LogP contribution in [0.15, 0.2) is 53.4 Å². The minimum atomic E-state index is -3.73. The molecule has 1 heterocycles. The van der Waals surface area contributed by atoms with Gasteiger partial charge in [-0.1, -0.05) is 36.4 Å². The maximum absolute atomic E-state index is 13.5. The molecule has 6 heteroatoms. The average molecular weight is 349 g/mol. The quantitative estimate of drug-likeness (QED) is 0.853. The molecule has 1 atom stereocenters. The van der Waals surface area contributed by atoms with Gasteiger partial charge in [-0.05, 0) is 36.6 Å². The van der Waals surface area contributed by atoms with Crippen molar-refractivity contribution in [3.8, 4) is 0 Å². The number of benzene rings is 2. The van der Waals surface area contributed by atoms with Gasteiger partial charge in [0.25, 0.3) is 0 Å². The van der Waals surface area contributed by atoms with Crippen LogP contribution in [0, 0.1) is 12.7 Å². The number of hydrogen-bond donors (Lipinski definition) is 0. The van der Waals surface area contributed by atoms with E-state index in [9.17, 15) is 12.8 Å². The number of rotatable bonds is 4. The fraction of sp³-hybridized carbons (Fsp3) is 0.333. The predicted molar refractivity (Wildman–Crippen MR) is 89.8 cm³/mol. The third-order valence-corrected chi connectivity index (χ3v) is 6.18. The van der Waals surface area contributed by atoms with E-state index in [4.69, 9.17) is 4.74 Å². The van der Waals surface area contributed by atoms with Crippen molar-refractivity contribution < 1.29 is 17.5 Å². The summed E-state index contributed by atoms with van der Waals surface area (Å²) in [4.78, 5) is 0.0304. The molecule has 1 saturated heterocycles. The molecule has 0 spiro atoms. The summed E-state index contributed by atoms with van der Waals surface area (Å²) in [5.41, 5.74) is 1.64. The molecule has 0 radical (unpaired) electrons. The van der Waals surface area contributed by atoms with Gasteiger partial charge in [0, 0.05) is 13.1 Å². The van der Waals surface area contributed by atoms with Crippen LogP contribution in [0.25, 0.3) is 0 Å². The van der Waals surface area contributed by atoms with Crippen LogP contribution in [0.1, 0.15) is 11.1 Å². The molecule has 0 saturated carbocycles. The first-order valence-electron chi connectivity index (χ1n) is 7.88. The van der Waals surface area contributed by atoms with Crippen molar-refractivity contribution in [3.63, 3.8) is 0 Å². The van der Waals surface area contributed by atoms with Crippen molar-refractivity contribution in [2.45, 2.75) is 24.3 Å². The van der Waals surface area contributed by atoms with Crippen LogP contribution in [-0.4, -0.2) is 38.5 Å². The molecule has 128 valence electrons. The van der Waals surface area contributed by atoms with Gasteiger partial charge in [-0.25, -0.2) is 12.8 Å². The topological polar surface area (TPSA) is 46.6 Å². The van der Waals surface area contributed by atoms with E-state index in [-0.39, 0.29) is 24.1 Å². The molecule has 2 aromatic rings. The Morgan fingerprint density at radius 3 is 2.71 bits per heavy atom. The summed E-state index contributed by atoms with van der Waals surface area (Å²) in [5, 5.41) is 0. The van der Waals surface area contributed by atoms with Gasteiger partial charge in [0.05, 0.1) is 17.6 Å². The number of sulfonamides is 1. The van der Waals surface area contributed by atoms with Crippen molar-refractivity contribution in [2.24, 2.45) is 0 Å². The van der Waals surface area contributed by atoms with Crippen molar-refractivity contribution >= 4 is 10.0 Å². The molecular weight excluding hydrogens is 329 g/mol. The third kappa shape index (κ3) is 3.66. The summed E-state index contributed by atoms with van der Waals surface area (Å²) in [7, 11) is -3.73. The average Bonchev–Trinajstić information content (AvgIpc) is 2.58. The number of nitrogens with zero attached hydrogens (tertiary/aromatic N) is 1. The summed E-state index contributed by atoms with van der Waals surface area (Å²) in [6.07, 6.45) is 0.444. The molecule has 1 aliphatic heterocycles. The molecule has 0 unspecified atom stereocenters. The second-order valence-electron chi connectivity index (χ2n) is 5.96. The lowest BCUT2D eigenvalue weighted by molar-refractivity contribution is -0.000508. The minimum absolute atomic E-state index is 0.0304. The molecule has 0 aliphatic carbocycles. The monoisotopic (exact) mass is 349 g/mol. The second kappa shape index (κ2) is 7.01. The highest BCUT2D eigenvalue weighted by molar-refractivity contribution is 7.89. The third-order valence-electron chi connectivity index (χ3n) is 4.18. The summed E-state index contributed by atoms with van der Waals surface area (Å²) >= 11 is 0. The number of hydrogen-bond acceptors (Lipinski definition) is 3. The van der Waals surface area contributed by atoms with E-state index in [1.807, 2.05) is 30.3 Å². The first-order chi connectivity index (χ1) is 11.5. The van der Waals surface area contributed by atoms with Gasteiger partial charge in [0.15, 0.2) is 0 Å². The lowest BCUT2D eigenvalue weighted by Crippen LogP contribution is -2.46. The van der Waals surface area contributed by atoms with Crippen LogP contribution in [0.4, 0.5) is 4.39 Å². The fourth-order valence-electron chi connectivity index (χ4n) is 2.90. The Morgan fingerprint density at radius 1 is 1.21 bits per heavy atom. The molecule has 0 amide bonds. The molecule has 1 fully saturated rings. The van der Waals surface area contributed by atoms with Crippen LogP contribution in [-0.2, 0) is 21.2 Å². The fourth-order valence-corrected chi connectivity index (χ4v) is 4.59. The number of morpholine rings is 1. The number of halogens is 1. The van der Waals surface area contributed by atoms with E-state index in [2.05, 4.69) is 0 Å². The van der Waals surface area contributed by atoms with Crippen LogP contribution in [0.3, 0.4) is 0 Å². The van der Waals surface area contributed by atoms with Gasteiger partial charge < -0.3 is 4.74 Å². The Labute approximate surface area is 141 Å². The van der Waals surface area contributed by atoms with Gasteiger partial charge in [-0.15, -0.1) is 0 Å². The first-order valence-corrected chi connectivity index (χ1v) is 9.32. The Balaban J connectivity index is 1.79. The Bertz CT molecular complexity index is 808. The zero-order chi connectivity index (χ0) is 17.2. The van der Waals surface area contributed by atoms with Crippen LogP contribution in [0.5, 0.6) is 0 Å². The highest BCUT2D eigenvalue weighted by atomic mass is 32.2. The zero-order valence-corrected chi connectivity index (χ0v) is 14.3. The molecule has 2 aromatic carbocycles. The molecule has 24 heavy (non-hydrogen) atoms. The van der Waals surface area contributed by atoms with Gasteiger partial charge >= 0.3 is 0 Å². The van der Waals surface area contributed by atoms with Crippen molar-refractivity contribution in [1.82, 2.24) is 4.31 Å². The SMILES string of the molecule is Cc1ccc(F)cc1S(=O)(=O)N1CCO[C@@H](Cc2ccccc2)C1. The highest BCUT2D eigenvalue weighted by Gasteiger charge is 2.32. The first kappa shape index (κ1) is 17.1. The Hall–Kier alpha value is -1.76. The molecular formula is C18H20FNO3S. The molecule has 1 aliphatic rings. The van der Waals surface area contributed by atoms with Crippen molar-refractivity contribution in [1.29, 1.82) is 0 Å². The predicted octanol–water partition coefficient (Wildman–Crippen LogP) is 2.77. The maximum Gasteiger partial charge on any atom is 0.243 e. The molecule has 0 aromatic heterocycles. The van der Waals surface area contributed by atoms with Gasteiger partial charge in [0.2, 0.25) is 10.0 Å². The molecule has 4 nitrogen and oxygen atoms in total. The van der Waals surface area contributed by atoms with Crippen molar-refractivity contribution in [2.75, 3.05) is 19.7 Å². The van der Waals surface area contributed by atoms with E-state index >= 15 is 0 Å². The van der Waals surface area contributed by atoms with Crippen molar-refractivity contribution in [3.05, 3.63) is 65.5 Å². The number of aryl methyl sites for hydroxylation is 1. The smallest absolute Gasteiger partial charge is 0.243 e. The Kier molecular flexibility index (Phi) is 4.99. The minimum Gasteiger partial charge on any atom is -0.375 e. The van der Waals surface area contributed by atoms with Crippen LogP contribution >= 0.6 is 0 Å². The summed E-state index contributed by atoms with van der Waals surface area (Å²) < 4.78 is 46.3. The maximum atomic E-state index is 13.5. The number of ether oxygens (including phenoxy) is 1. The van der Waals surface area contributed by atoms with E-state index in [0.29, 0.717) is 18.6 Å². The zero-order valence-electron chi connectivity index (χ0n) is 13.5. The van der Waals surface area contributed by atoms with E-state index in [0.717, 1.165) is 11.6 Å². The lowest BCUT2D eigenvalue weighted by atomic mass is 10.1. The summed E-state index contributed by atoms with van der Waals surface area (Å²) in [6.45, 7) is 2.57. The van der Waals surface area contributed by atoms with E-state index in [1.54, 1.807) is 6.92 Å². The Morgan fingerprint density at radius 2 is 1.96 bits per heavy atom. The summed E-state index contributed by atoms with van der Waals surface area (Å²) in [6, 6.07) is 13.7. The highest BCUT2D eigenvalue weighted by Crippen LogP contribution is 2.23. The lowest BCUT2D eigenvalue weighted by Gasteiger charge is -2.32. The van der Waals surface area contributed by atoms with E-state index in [1.165, 1.54) is 16.4 Å². The van der Waals surface area contributed by atoms with Gasteiger partial charge in [-0.3, -0.25) is 0 Å². The summed E-state index contributed by atoms with van der Waals surface area (Å²) in [5.74, 6) is -0.548. The largest absolute Gasteiger partial charge is 0.375 e. The second-order valence-corrected chi connectivity index (χ2v) is 7.86.